The Morgan fingerprint density at radius 3 is 2.48 bits per heavy atom. The molecule has 0 saturated carbocycles. The number of carbonyl (C=O) groups is 1. The Hall–Kier alpha value is -2.70. The Morgan fingerprint density at radius 1 is 1.22 bits per heavy atom. The molecule has 2 aliphatic rings. The van der Waals surface area contributed by atoms with E-state index < -0.39 is 5.92 Å². The van der Waals surface area contributed by atoms with Gasteiger partial charge in [0.25, 0.3) is 0 Å². The first-order chi connectivity index (χ1) is 11.1. The van der Waals surface area contributed by atoms with Crippen molar-refractivity contribution in [3.05, 3.63) is 57.4 Å². The third-order valence-electron chi connectivity index (χ3n) is 3.98. The average molecular weight is 322 g/mol. The first-order valence-electron chi connectivity index (χ1n) is 7.14. The van der Waals surface area contributed by atoms with E-state index in [2.05, 4.69) is 12.1 Å². The van der Waals surface area contributed by atoms with Gasteiger partial charge in [-0.15, -0.1) is 11.8 Å². The molecule has 0 aromatic heterocycles. The molecule has 1 unspecified atom stereocenters. The van der Waals surface area contributed by atoms with E-state index in [1.54, 1.807) is 0 Å². The van der Waals surface area contributed by atoms with Gasteiger partial charge in [0.05, 0.1) is 34.2 Å². The number of rotatable bonds is 1. The summed E-state index contributed by atoms with van der Waals surface area (Å²) >= 11 is 1.44. The zero-order valence-electron chi connectivity index (χ0n) is 12.5. The molecule has 114 valence electrons. The highest BCUT2D eigenvalue weighted by Crippen LogP contribution is 2.45. The van der Waals surface area contributed by atoms with Crippen LogP contribution in [0.25, 0.3) is 0 Å². The van der Waals surface area contributed by atoms with Crippen LogP contribution in [0.5, 0.6) is 0 Å². The Balaban J connectivity index is 2.23. The topological polar surface area (TPSA) is 93.9 Å². The standard InChI is InChI=1S/C17H14N4OS/c1-10-2-4-11(5-3-10)15-12(8-18)16(20)21-14(22)6-7-23-17(21)13(15)9-19/h2-5,15H,6-7,20H2,1H3. The quantitative estimate of drug-likeness (QED) is 0.857. The van der Waals surface area contributed by atoms with Crippen LogP contribution in [-0.4, -0.2) is 16.6 Å². The molecule has 1 saturated heterocycles. The minimum absolute atomic E-state index is 0.143. The number of nitrogens with two attached hydrogens (primary N) is 1. The van der Waals surface area contributed by atoms with Crippen molar-refractivity contribution in [1.82, 2.24) is 4.90 Å². The van der Waals surface area contributed by atoms with Crippen LogP contribution in [0.3, 0.4) is 0 Å². The fraction of sp³-hybridized carbons (Fsp3) is 0.235. The van der Waals surface area contributed by atoms with Gasteiger partial charge in [-0.2, -0.15) is 10.5 Å². The first kappa shape index (κ1) is 15.2. The Labute approximate surface area is 138 Å². The molecule has 23 heavy (non-hydrogen) atoms. The van der Waals surface area contributed by atoms with Gasteiger partial charge in [0, 0.05) is 12.2 Å². The van der Waals surface area contributed by atoms with E-state index in [0.717, 1.165) is 11.1 Å². The van der Waals surface area contributed by atoms with E-state index in [0.29, 0.717) is 22.8 Å². The SMILES string of the molecule is Cc1ccc(C2C(C#N)=C(N)N3C(=O)CCSC3=C2C#N)cc1. The molecular weight excluding hydrogens is 308 g/mol. The molecule has 1 aromatic carbocycles. The van der Waals surface area contributed by atoms with Crippen molar-refractivity contribution in [1.29, 1.82) is 10.5 Å². The average Bonchev–Trinajstić information content (AvgIpc) is 2.55. The molecule has 2 aliphatic heterocycles. The lowest BCUT2D eigenvalue weighted by atomic mass is 9.83. The van der Waals surface area contributed by atoms with Crippen LogP contribution in [0, 0.1) is 29.6 Å². The molecule has 5 nitrogen and oxygen atoms in total. The van der Waals surface area contributed by atoms with Crippen LogP contribution in [0.1, 0.15) is 23.5 Å². The second-order valence-electron chi connectivity index (χ2n) is 5.41. The van der Waals surface area contributed by atoms with Gasteiger partial charge < -0.3 is 5.73 Å². The predicted molar refractivity (Wildman–Crippen MR) is 87.3 cm³/mol. The number of nitriles is 2. The lowest BCUT2D eigenvalue weighted by Gasteiger charge is -2.36. The number of carbonyl (C=O) groups excluding carboxylic acids is 1. The molecule has 2 heterocycles. The zero-order valence-corrected chi connectivity index (χ0v) is 13.4. The van der Waals surface area contributed by atoms with Gasteiger partial charge in [0.15, 0.2) is 0 Å². The first-order valence-corrected chi connectivity index (χ1v) is 8.13. The van der Waals surface area contributed by atoms with Gasteiger partial charge in [-0.3, -0.25) is 9.69 Å². The fourth-order valence-electron chi connectivity index (χ4n) is 2.83. The molecule has 2 N–H and O–H groups in total. The summed E-state index contributed by atoms with van der Waals surface area (Å²) in [4.78, 5) is 13.5. The molecule has 0 aliphatic carbocycles. The van der Waals surface area contributed by atoms with Crippen molar-refractivity contribution in [2.75, 3.05) is 5.75 Å². The smallest absolute Gasteiger partial charge is 0.233 e. The van der Waals surface area contributed by atoms with Crippen molar-refractivity contribution in [3.8, 4) is 12.1 Å². The van der Waals surface area contributed by atoms with Gasteiger partial charge in [-0.25, -0.2) is 0 Å². The summed E-state index contributed by atoms with van der Waals surface area (Å²) in [6, 6.07) is 12.0. The molecule has 1 aromatic rings. The van der Waals surface area contributed by atoms with E-state index in [-0.39, 0.29) is 17.3 Å². The van der Waals surface area contributed by atoms with E-state index in [4.69, 9.17) is 5.73 Å². The summed E-state index contributed by atoms with van der Waals surface area (Å²) in [6.07, 6.45) is 0.349. The molecule has 1 amide bonds. The molecule has 3 rings (SSSR count). The largest absolute Gasteiger partial charge is 0.384 e. The third kappa shape index (κ3) is 2.38. The monoisotopic (exact) mass is 322 g/mol. The van der Waals surface area contributed by atoms with Gasteiger partial charge in [-0.1, -0.05) is 29.8 Å². The number of nitrogens with zero attached hydrogens (tertiary/aromatic N) is 3. The second-order valence-corrected chi connectivity index (χ2v) is 6.50. The molecule has 6 heteroatoms. The van der Waals surface area contributed by atoms with Gasteiger partial charge >= 0.3 is 0 Å². The Kier molecular flexibility index (Phi) is 3.85. The number of allylic oxidation sites excluding steroid dienone is 2. The number of benzene rings is 1. The van der Waals surface area contributed by atoms with Crippen molar-refractivity contribution in [2.24, 2.45) is 5.73 Å². The van der Waals surface area contributed by atoms with Crippen LogP contribution in [-0.2, 0) is 4.79 Å². The second kappa shape index (κ2) is 5.83. The highest BCUT2D eigenvalue weighted by atomic mass is 32.2. The van der Waals surface area contributed by atoms with Crippen LogP contribution >= 0.6 is 11.8 Å². The maximum absolute atomic E-state index is 12.2. The highest BCUT2D eigenvalue weighted by Gasteiger charge is 2.39. The fourth-order valence-corrected chi connectivity index (χ4v) is 3.95. The summed E-state index contributed by atoms with van der Waals surface area (Å²) in [5.74, 6) is 0.0738. The maximum Gasteiger partial charge on any atom is 0.233 e. The lowest BCUT2D eigenvalue weighted by molar-refractivity contribution is -0.127. The summed E-state index contributed by atoms with van der Waals surface area (Å²) in [5.41, 5.74) is 8.71. The number of fused-ring (bicyclic) bond motifs is 1. The maximum atomic E-state index is 12.2. The molecule has 1 fully saturated rings. The minimum Gasteiger partial charge on any atom is -0.384 e. The van der Waals surface area contributed by atoms with Crippen LogP contribution in [0.2, 0.25) is 0 Å². The number of hydrogen-bond donors (Lipinski definition) is 1. The predicted octanol–water partition coefficient (Wildman–Crippen LogP) is 2.49. The van der Waals surface area contributed by atoms with Gasteiger partial charge in [0.1, 0.15) is 5.82 Å². The zero-order chi connectivity index (χ0) is 16.6. The van der Waals surface area contributed by atoms with Gasteiger partial charge in [-0.05, 0) is 12.5 Å². The minimum atomic E-state index is -0.518. The van der Waals surface area contributed by atoms with E-state index in [9.17, 15) is 15.3 Å². The number of aryl methyl sites for hydroxylation is 1. The lowest BCUT2D eigenvalue weighted by Crippen LogP contribution is -2.40. The normalized spacial score (nSPS) is 20.9. The van der Waals surface area contributed by atoms with Crippen molar-refractivity contribution in [3.63, 3.8) is 0 Å². The number of amides is 1. The van der Waals surface area contributed by atoms with Crippen molar-refractivity contribution < 1.29 is 4.79 Å². The molecule has 0 spiro atoms. The number of hydrogen-bond acceptors (Lipinski definition) is 5. The van der Waals surface area contributed by atoms with Crippen LogP contribution in [0.4, 0.5) is 0 Å². The summed E-state index contributed by atoms with van der Waals surface area (Å²) < 4.78 is 0. The summed E-state index contributed by atoms with van der Waals surface area (Å²) in [6.45, 7) is 1.97. The highest BCUT2D eigenvalue weighted by molar-refractivity contribution is 8.03. The van der Waals surface area contributed by atoms with E-state index in [1.807, 2.05) is 31.2 Å². The van der Waals surface area contributed by atoms with Crippen molar-refractivity contribution in [2.45, 2.75) is 19.3 Å². The Bertz CT molecular complexity index is 824. The van der Waals surface area contributed by atoms with Crippen molar-refractivity contribution >= 4 is 17.7 Å². The summed E-state index contributed by atoms with van der Waals surface area (Å²) in [5, 5.41) is 19.8. The number of thioether (sulfide) groups is 1. The van der Waals surface area contributed by atoms with Crippen LogP contribution in [0.15, 0.2) is 46.3 Å². The van der Waals surface area contributed by atoms with Crippen LogP contribution < -0.4 is 5.73 Å². The van der Waals surface area contributed by atoms with Gasteiger partial charge in [0.2, 0.25) is 5.91 Å². The van der Waals surface area contributed by atoms with E-state index >= 15 is 0 Å². The molecule has 0 radical (unpaired) electrons. The third-order valence-corrected chi connectivity index (χ3v) is 5.07. The molecular formula is C17H14N4OS. The Morgan fingerprint density at radius 2 is 1.87 bits per heavy atom. The van der Waals surface area contributed by atoms with E-state index in [1.165, 1.54) is 16.7 Å². The molecule has 0 bridgehead atoms. The molecule has 1 atom stereocenters. The summed E-state index contributed by atoms with van der Waals surface area (Å²) in [7, 11) is 0.